The number of halogens is 1. The van der Waals surface area contributed by atoms with Gasteiger partial charge in [-0.1, -0.05) is 0 Å². The Bertz CT molecular complexity index is 437. The number of phenolic OH excluding ortho intramolecular Hbond substituents is 1. The number of phenols is 1. The zero-order chi connectivity index (χ0) is 11.9. The first-order chi connectivity index (χ1) is 7.39. The van der Waals surface area contributed by atoms with E-state index in [0.717, 1.165) is 12.1 Å². The third-order valence-electron chi connectivity index (χ3n) is 2.54. The SMILES string of the molecule is CC1(O)CN(C(=O)c2ccc(F)cc2O)C1. The van der Waals surface area contributed by atoms with Crippen LogP contribution in [0.5, 0.6) is 5.75 Å². The Kier molecular flexibility index (Phi) is 2.35. The Morgan fingerprint density at radius 1 is 1.50 bits per heavy atom. The number of nitrogens with zero attached hydrogens (tertiary/aromatic N) is 1. The van der Waals surface area contributed by atoms with Crippen LogP contribution in [0.25, 0.3) is 0 Å². The lowest BCUT2D eigenvalue weighted by Crippen LogP contribution is -2.61. The summed E-state index contributed by atoms with van der Waals surface area (Å²) in [5.41, 5.74) is -0.803. The summed E-state index contributed by atoms with van der Waals surface area (Å²) in [6.07, 6.45) is 0. The van der Waals surface area contributed by atoms with E-state index in [0.29, 0.717) is 0 Å². The highest BCUT2D eigenvalue weighted by atomic mass is 19.1. The van der Waals surface area contributed by atoms with Gasteiger partial charge in [0.1, 0.15) is 11.6 Å². The highest BCUT2D eigenvalue weighted by molar-refractivity contribution is 5.97. The van der Waals surface area contributed by atoms with Gasteiger partial charge in [-0.15, -0.1) is 0 Å². The van der Waals surface area contributed by atoms with Gasteiger partial charge in [-0.2, -0.15) is 0 Å². The number of aromatic hydroxyl groups is 1. The van der Waals surface area contributed by atoms with Crippen molar-refractivity contribution in [2.75, 3.05) is 13.1 Å². The fourth-order valence-electron chi connectivity index (χ4n) is 1.78. The number of hydrogen-bond donors (Lipinski definition) is 2. The Balaban J connectivity index is 2.16. The van der Waals surface area contributed by atoms with Crippen molar-refractivity contribution < 1.29 is 19.4 Å². The zero-order valence-corrected chi connectivity index (χ0v) is 8.77. The van der Waals surface area contributed by atoms with Crippen LogP contribution < -0.4 is 0 Å². The molecule has 0 spiro atoms. The molecule has 86 valence electrons. The molecule has 0 radical (unpaired) electrons. The van der Waals surface area contributed by atoms with E-state index in [2.05, 4.69) is 0 Å². The van der Waals surface area contributed by atoms with Crippen LogP contribution in [-0.4, -0.2) is 39.7 Å². The standard InChI is InChI=1S/C11H12FNO3/c1-11(16)5-13(6-11)10(15)8-3-2-7(12)4-9(8)14/h2-4,14,16H,5-6H2,1H3. The molecule has 4 nitrogen and oxygen atoms in total. The van der Waals surface area contributed by atoms with Gasteiger partial charge in [-0.3, -0.25) is 4.79 Å². The zero-order valence-electron chi connectivity index (χ0n) is 8.77. The van der Waals surface area contributed by atoms with Crippen molar-refractivity contribution in [1.29, 1.82) is 0 Å². The average Bonchev–Trinajstić information content (AvgIpc) is 2.13. The minimum atomic E-state index is -0.856. The Hall–Kier alpha value is -1.62. The molecule has 1 aliphatic rings. The maximum Gasteiger partial charge on any atom is 0.257 e. The molecule has 2 rings (SSSR count). The summed E-state index contributed by atoms with van der Waals surface area (Å²) in [6, 6.07) is 3.25. The molecule has 1 aromatic rings. The van der Waals surface area contributed by atoms with Crippen LogP contribution in [0.4, 0.5) is 4.39 Å². The van der Waals surface area contributed by atoms with E-state index in [1.165, 1.54) is 11.0 Å². The lowest BCUT2D eigenvalue weighted by atomic mass is 9.96. The van der Waals surface area contributed by atoms with Crippen molar-refractivity contribution in [1.82, 2.24) is 4.90 Å². The molecule has 1 heterocycles. The van der Waals surface area contributed by atoms with Crippen LogP contribution >= 0.6 is 0 Å². The first-order valence-electron chi connectivity index (χ1n) is 4.89. The number of amides is 1. The van der Waals surface area contributed by atoms with Gasteiger partial charge in [0.05, 0.1) is 24.3 Å². The molecule has 0 unspecified atom stereocenters. The summed E-state index contributed by atoms with van der Waals surface area (Å²) < 4.78 is 12.7. The molecule has 0 aliphatic carbocycles. The van der Waals surface area contributed by atoms with Crippen LogP contribution in [0.15, 0.2) is 18.2 Å². The highest BCUT2D eigenvalue weighted by Crippen LogP contribution is 2.26. The predicted octanol–water partition coefficient (Wildman–Crippen LogP) is 0.738. The molecule has 1 amide bonds. The van der Waals surface area contributed by atoms with E-state index < -0.39 is 17.3 Å². The topological polar surface area (TPSA) is 60.8 Å². The van der Waals surface area contributed by atoms with E-state index in [4.69, 9.17) is 0 Å². The third kappa shape index (κ3) is 1.86. The van der Waals surface area contributed by atoms with Crippen molar-refractivity contribution in [3.63, 3.8) is 0 Å². The fraction of sp³-hybridized carbons (Fsp3) is 0.364. The lowest BCUT2D eigenvalue weighted by molar-refractivity contribution is -0.0669. The van der Waals surface area contributed by atoms with Crippen LogP contribution in [0.1, 0.15) is 17.3 Å². The largest absolute Gasteiger partial charge is 0.507 e. The molecule has 1 aromatic carbocycles. The molecule has 1 saturated heterocycles. The van der Waals surface area contributed by atoms with Crippen molar-refractivity contribution in [2.24, 2.45) is 0 Å². The van der Waals surface area contributed by atoms with Crippen LogP contribution in [-0.2, 0) is 0 Å². The number of β-amino-alcohol motifs (C(OH)–C–C–N with tert-alkyl or cyclic N) is 1. The summed E-state index contributed by atoms with van der Waals surface area (Å²) in [5, 5.41) is 18.9. The first-order valence-corrected chi connectivity index (χ1v) is 4.89. The monoisotopic (exact) mass is 225 g/mol. The summed E-state index contributed by atoms with van der Waals surface area (Å²) in [4.78, 5) is 13.2. The number of carbonyl (C=O) groups is 1. The van der Waals surface area contributed by atoms with Gasteiger partial charge in [-0.25, -0.2) is 4.39 Å². The quantitative estimate of drug-likeness (QED) is 0.741. The fourth-order valence-corrected chi connectivity index (χ4v) is 1.78. The molecule has 0 atom stereocenters. The summed E-state index contributed by atoms with van der Waals surface area (Å²) in [7, 11) is 0. The maximum atomic E-state index is 12.7. The summed E-state index contributed by atoms with van der Waals surface area (Å²) >= 11 is 0. The van der Waals surface area contributed by atoms with Crippen LogP contribution in [0, 0.1) is 5.82 Å². The minimum absolute atomic E-state index is 0.0527. The second kappa shape index (κ2) is 3.45. The second-order valence-electron chi connectivity index (χ2n) is 4.32. The molecule has 0 saturated carbocycles. The molecular formula is C11H12FNO3. The predicted molar refractivity (Wildman–Crippen MR) is 54.6 cm³/mol. The number of hydrogen-bond acceptors (Lipinski definition) is 3. The number of rotatable bonds is 1. The Morgan fingerprint density at radius 3 is 2.62 bits per heavy atom. The molecule has 2 N–H and O–H groups in total. The van der Waals surface area contributed by atoms with Gasteiger partial charge in [0, 0.05) is 6.07 Å². The third-order valence-corrected chi connectivity index (χ3v) is 2.54. The number of benzene rings is 1. The van der Waals surface area contributed by atoms with Crippen LogP contribution in [0.2, 0.25) is 0 Å². The lowest BCUT2D eigenvalue weighted by Gasteiger charge is -2.44. The van der Waals surface area contributed by atoms with Gasteiger partial charge in [-0.05, 0) is 19.1 Å². The van der Waals surface area contributed by atoms with Crippen molar-refractivity contribution in [3.8, 4) is 5.75 Å². The van der Waals surface area contributed by atoms with Gasteiger partial charge in [0.2, 0.25) is 0 Å². The van der Waals surface area contributed by atoms with Gasteiger partial charge in [0.25, 0.3) is 5.91 Å². The van der Waals surface area contributed by atoms with E-state index in [9.17, 15) is 19.4 Å². The molecule has 1 fully saturated rings. The number of likely N-dealkylation sites (tertiary alicyclic amines) is 1. The highest BCUT2D eigenvalue weighted by Gasteiger charge is 2.40. The van der Waals surface area contributed by atoms with E-state index in [-0.39, 0.29) is 24.4 Å². The van der Waals surface area contributed by atoms with Gasteiger partial charge >= 0.3 is 0 Å². The minimum Gasteiger partial charge on any atom is -0.507 e. The van der Waals surface area contributed by atoms with E-state index in [1.807, 2.05) is 0 Å². The first kappa shape index (κ1) is 10.9. The normalized spacial score (nSPS) is 18.1. The van der Waals surface area contributed by atoms with E-state index >= 15 is 0 Å². The van der Waals surface area contributed by atoms with Crippen molar-refractivity contribution >= 4 is 5.91 Å². The Labute approximate surface area is 91.9 Å². The molecule has 5 heteroatoms. The molecule has 1 aliphatic heterocycles. The second-order valence-corrected chi connectivity index (χ2v) is 4.32. The van der Waals surface area contributed by atoms with Gasteiger partial charge < -0.3 is 15.1 Å². The maximum absolute atomic E-state index is 12.7. The van der Waals surface area contributed by atoms with Crippen molar-refractivity contribution in [3.05, 3.63) is 29.6 Å². The molecular weight excluding hydrogens is 213 g/mol. The molecule has 16 heavy (non-hydrogen) atoms. The number of carbonyl (C=O) groups excluding carboxylic acids is 1. The van der Waals surface area contributed by atoms with E-state index in [1.54, 1.807) is 6.92 Å². The van der Waals surface area contributed by atoms with Crippen LogP contribution in [0.3, 0.4) is 0 Å². The van der Waals surface area contributed by atoms with Crippen molar-refractivity contribution in [2.45, 2.75) is 12.5 Å². The average molecular weight is 225 g/mol. The smallest absolute Gasteiger partial charge is 0.257 e. The summed E-state index contributed by atoms with van der Waals surface area (Å²) in [6.45, 7) is 2.08. The Morgan fingerprint density at radius 2 is 2.12 bits per heavy atom. The van der Waals surface area contributed by atoms with Gasteiger partial charge in [0.15, 0.2) is 0 Å². The molecule has 0 bridgehead atoms. The summed E-state index contributed by atoms with van der Waals surface area (Å²) in [5.74, 6) is -1.37. The molecule has 0 aromatic heterocycles. The number of aliphatic hydroxyl groups is 1.